The molecule has 14 heavy (non-hydrogen) atoms. The lowest BCUT2D eigenvalue weighted by Crippen LogP contribution is -2.28. The fourth-order valence-corrected chi connectivity index (χ4v) is 0.599. The van der Waals surface area contributed by atoms with Crippen molar-refractivity contribution in [3.63, 3.8) is 0 Å². The summed E-state index contributed by atoms with van der Waals surface area (Å²) in [6, 6.07) is 0. The van der Waals surface area contributed by atoms with Crippen LogP contribution in [0.25, 0.3) is 0 Å². The number of rotatable bonds is 3. The Kier molecular flexibility index (Phi) is 5.63. The van der Waals surface area contributed by atoms with E-state index < -0.39 is 12.1 Å². The molecule has 0 atom stereocenters. The summed E-state index contributed by atoms with van der Waals surface area (Å²) in [5.74, 6) is 1.41. The van der Waals surface area contributed by atoms with Crippen molar-refractivity contribution in [2.45, 2.75) is 6.92 Å². The number of amides is 1. The summed E-state index contributed by atoms with van der Waals surface area (Å²) in [5.41, 5.74) is -0.124. The van der Waals surface area contributed by atoms with Gasteiger partial charge in [0, 0.05) is 6.08 Å². The van der Waals surface area contributed by atoms with E-state index in [0.717, 1.165) is 6.08 Å². The third-order valence-corrected chi connectivity index (χ3v) is 1.15. The molecule has 0 aromatic rings. The molecule has 0 aliphatic rings. The molecule has 76 valence electrons. The van der Waals surface area contributed by atoms with Gasteiger partial charge in [-0.1, -0.05) is 5.92 Å². The predicted molar refractivity (Wildman–Crippen MR) is 49.1 cm³/mol. The Labute approximate surface area is 82.1 Å². The van der Waals surface area contributed by atoms with Crippen LogP contribution in [0.15, 0.2) is 11.8 Å². The largest absolute Gasteiger partial charge is 0.461 e. The quantitative estimate of drug-likeness (QED) is 0.404. The second-order valence-electron chi connectivity index (χ2n) is 2.06. The van der Waals surface area contributed by atoms with Crippen LogP contribution in [-0.4, -0.2) is 25.8 Å². The smallest absolute Gasteiger partial charge is 0.411 e. The molecule has 0 saturated heterocycles. The van der Waals surface area contributed by atoms with Crippen LogP contribution in [0.3, 0.4) is 0 Å². The molecular formula is C9H11NO4. The van der Waals surface area contributed by atoms with E-state index in [1.165, 1.54) is 7.11 Å². The first-order chi connectivity index (χ1) is 6.65. The molecule has 0 heterocycles. The molecule has 0 unspecified atom stereocenters. The van der Waals surface area contributed by atoms with Crippen molar-refractivity contribution >= 4 is 12.1 Å². The average molecular weight is 197 g/mol. The van der Waals surface area contributed by atoms with Gasteiger partial charge in [-0.15, -0.1) is 6.42 Å². The summed E-state index contributed by atoms with van der Waals surface area (Å²) >= 11 is 0. The highest BCUT2D eigenvalue weighted by Crippen LogP contribution is 1.94. The first-order valence-corrected chi connectivity index (χ1v) is 3.84. The number of alkyl carbamates (subject to hydrolysis) is 1. The Morgan fingerprint density at radius 2 is 2.21 bits per heavy atom. The number of terminal acetylenes is 1. The van der Waals surface area contributed by atoms with Crippen LogP contribution < -0.4 is 5.32 Å². The van der Waals surface area contributed by atoms with E-state index in [-0.39, 0.29) is 12.3 Å². The lowest BCUT2D eigenvalue weighted by atomic mass is 10.4. The summed E-state index contributed by atoms with van der Waals surface area (Å²) in [6.45, 7) is 1.84. The van der Waals surface area contributed by atoms with Gasteiger partial charge < -0.3 is 9.47 Å². The molecule has 0 fully saturated rings. The summed E-state index contributed by atoms with van der Waals surface area (Å²) in [6.07, 6.45) is 5.27. The number of carbonyl (C=O) groups excluding carboxylic acids is 2. The molecule has 0 rings (SSSR count). The molecule has 0 spiro atoms. The molecule has 5 nitrogen and oxygen atoms in total. The van der Waals surface area contributed by atoms with E-state index in [4.69, 9.17) is 6.42 Å². The maximum Gasteiger partial charge on any atom is 0.411 e. The van der Waals surface area contributed by atoms with E-state index in [1.807, 2.05) is 0 Å². The van der Waals surface area contributed by atoms with Gasteiger partial charge in [0.2, 0.25) is 0 Å². The van der Waals surface area contributed by atoms with Gasteiger partial charge in [0.25, 0.3) is 0 Å². The van der Waals surface area contributed by atoms with Crippen molar-refractivity contribution < 1.29 is 19.1 Å². The van der Waals surface area contributed by atoms with E-state index in [2.05, 4.69) is 20.7 Å². The minimum Gasteiger partial charge on any atom is -0.461 e. The van der Waals surface area contributed by atoms with E-state index in [1.54, 1.807) is 6.92 Å². The first kappa shape index (κ1) is 12.0. The van der Waals surface area contributed by atoms with Gasteiger partial charge in [-0.05, 0) is 6.92 Å². The predicted octanol–water partition coefficient (Wildman–Crippen LogP) is 0.423. The van der Waals surface area contributed by atoms with Crippen LogP contribution in [0.5, 0.6) is 0 Å². The van der Waals surface area contributed by atoms with Gasteiger partial charge in [-0.25, -0.2) is 9.59 Å². The average Bonchev–Trinajstić information content (AvgIpc) is 2.17. The van der Waals surface area contributed by atoms with Crippen LogP contribution in [-0.2, 0) is 14.3 Å². The SMILES string of the molecule is C#C/C=C(\NC(=O)OC)C(=O)OCC. The Bertz CT molecular complexity index is 288. The second-order valence-corrected chi connectivity index (χ2v) is 2.06. The number of ether oxygens (including phenoxy) is 2. The fraction of sp³-hybridized carbons (Fsp3) is 0.333. The van der Waals surface area contributed by atoms with Gasteiger partial charge in [0.05, 0.1) is 13.7 Å². The van der Waals surface area contributed by atoms with Crippen molar-refractivity contribution in [2.75, 3.05) is 13.7 Å². The Hall–Kier alpha value is -1.96. The maximum atomic E-state index is 11.1. The van der Waals surface area contributed by atoms with Gasteiger partial charge in [0.1, 0.15) is 5.70 Å². The van der Waals surface area contributed by atoms with Crippen molar-refractivity contribution in [2.24, 2.45) is 0 Å². The van der Waals surface area contributed by atoms with Crippen LogP contribution in [0.2, 0.25) is 0 Å². The zero-order chi connectivity index (χ0) is 11.0. The lowest BCUT2D eigenvalue weighted by Gasteiger charge is -2.06. The van der Waals surface area contributed by atoms with Crippen molar-refractivity contribution in [3.05, 3.63) is 11.8 Å². The highest BCUT2D eigenvalue weighted by Gasteiger charge is 2.13. The monoisotopic (exact) mass is 197 g/mol. The molecule has 0 saturated carbocycles. The first-order valence-electron chi connectivity index (χ1n) is 3.84. The Morgan fingerprint density at radius 3 is 2.64 bits per heavy atom. The van der Waals surface area contributed by atoms with E-state index >= 15 is 0 Å². The number of carbonyl (C=O) groups is 2. The van der Waals surface area contributed by atoms with Crippen molar-refractivity contribution in [1.82, 2.24) is 5.32 Å². The zero-order valence-corrected chi connectivity index (χ0v) is 7.99. The minimum absolute atomic E-state index is 0.124. The lowest BCUT2D eigenvalue weighted by molar-refractivity contribution is -0.138. The third-order valence-electron chi connectivity index (χ3n) is 1.15. The normalized spacial score (nSPS) is 9.93. The Balaban J connectivity index is 4.47. The summed E-state index contributed by atoms with van der Waals surface area (Å²) in [5, 5.41) is 2.14. The molecular weight excluding hydrogens is 186 g/mol. The molecule has 1 N–H and O–H groups in total. The van der Waals surface area contributed by atoms with E-state index in [0.29, 0.717) is 0 Å². The zero-order valence-electron chi connectivity index (χ0n) is 7.99. The molecule has 0 aliphatic heterocycles. The number of nitrogens with one attached hydrogen (secondary N) is 1. The van der Waals surface area contributed by atoms with Crippen LogP contribution in [0.4, 0.5) is 4.79 Å². The molecule has 1 amide bonds. The molecule has 0 bridgehead atoms. The number of esters is 1. The topological polar surface area (TPSA) is 64.6 Å². The fourth-order valence-electron chi connectivity index (χ4n) is 0.599. The van der Waals surface area contributed by atoms with Crippen molar-refractivity contribution in [1.29, 1.82) is 0 Å². The maximum absolute atomic E-state index is 11.1. The standard InChI is InChI=1S/C9H11NO4/c1-4-6-7(8(11)14-5-2)10-9(12)13-3/h1,6H,5H2,2-3H3,(H,10,12)/b7-6-. The molecule has 5 heteroatoms. The minimum atomic E-state index is -0.778. The number of hydrogen-bond donors (Lipinski definition) is 1. The second kappa shape index (κ2) is 6.54. The molecule has 0 aromatic heterocycles. The van der Waals surface area contributed by atoms with Gasteiger partial charge >= 0.3 is 12.1 Å². The summed E-state index contributed by atoms with van der Waals surface area (Å²) < 4.78 is 8.92. The van der Waals surface area contributed by atoms with Crippen LogP contribution >= 0.6 is 0 Å². The van der Waals surface area contributed by atoms with Gasteiger partial charge in [0.15, 0.2) is 0 Å². The number of methoxy groups -OCH3 is 1. The number of allylic oxidation sites excluding steroid dienone is 1. The van der Waals surface area contributed by atoms with Crippen LogP contribution in [0, 0.1) is 12.3 Å². The van der Waals surface area contributed by atoms with Crippen molar-refractivity contribution in [3.8, 4) is 12.3 Å². The molecule has 0 aromatic carbocycles. The summed E-state index contributed by atoms with van der Waals surface area (Å²) in [4.78, 5) is 21.9. The highest BCUT2D eigenvalue weighted by atomic mass is 16.5. The van der Waals surface area contributed by atoms with Gasteiger partial charge in [-0.3, -0.25) is 5.32 Å². The molecule has 0 aliphatic carbocycles. The Morgan fingerprint density at radius 1 is 1.57 bits per heavy atom. The van der Waals surface area contributed by atoms with E-state index in [9.17, 15) is 9.59 Å². The summed E-state index contributed by atoms with van der Waals surface area (Å²) in [7, 11) is 1.17. The highest BCUT2D eigenvalue weighted by molar-refractivity contribution is 5.92. The van der Waals surface area contributed by atoms with Gasteiger partial charge in [-0.2, -0.15) is 0 Å². The third kappa shape index (κ3) is 4.16. The molecule has 0 radical (unpaired) electrons. The number of hydrogen-bond acceptors (Lipinski definition) is 4. The van der Waals surface area contributed by atoms with Crippen LogP contribution in [0.1, 0.15) is 6.92 Å².